The Balaban J connectivity index is -0.0000000200. The summed E-state index contributed by atoms with van der Waals surface area (Å²) in [5.41, 5.74) is 0. The normalized spacial score (nSPS) is 3.60. The summed E-state index contributed by atoms with van der Waals surface area (Å²) in [6, 6.07) is 0. The second-order valence-corrected chi connectivity index (χ2v) is 0.316. The molecular formula is C2H6MnO2. The van der Waals surface area contributed by atoms with Crippen LogP contribution in [0.4, 0.5) is 0 Å². The van der Waals surface area contributed by atoms with E-state index in [0.29, 0.717) is 0 Å². The van der Waals surface area contributed by atoms with Crippen LogP contribution in [-0.2, 0) is 22.5 Å². The summed E-state index contributed by atoms with van der Waals surface area (Å²) in [5, 5.41) is 7.57. The average Bonchev–Trinajstić information content (AvgIpc) is 0.918. The van der Waals surface area contributed by atoms with Gasteiger partial charge in [-0.3, -0.25) is 0 Å². The van der Waals surface area contributed by atoms with Crippen molar-refractivity contribution >= 4 is 0 Å². The van der Waals surface area contributed by atoms with Gasteiger partial charge in [-0.2, -0.15) is 0 Å². The molecule has 0 saturated carbocycles. The molecule has 0 spiro atoms. The quantitative estimate of drug-likeness (QED) is 0.441. The molecular weight excluding hydrogens is 111 g/mol. The Morgan fingerprint density at radius 2 is 1.60 bits per heavy atom. The molecule has 0 aliphatic carbocycles. The molecule has 0 aliphatic rings. The van der Waals surface area contributed by atoms with Crippen LogP contribution in [0.2, 0.25) is 0 Å². The fraction of sp³-hybridized carbons (Fsp3) is 1.00. The van der Waals surface area contributed by atoms with Gasteiger partial charge in [0.25, 0.3) is 0 Å². The van der Waals surface area contributed by atoms with Crippen molar-refractivity contribution in [1.29, 1.82) is 0 Å². The van der Waals surface area contributed by atoms with Crippen LogP contribution in [0.15, 0.2) is 0 Å². The van der Waals surface area contributed by atoms with Gasteiger partial charge in [-0.1, -0.05) is 0 Å². The molecule has 0 saturated heterocycles. The Kier molecular flexibility index (Phi) is 91.3. The fourth-order valence-electron chi connectivity index (χ4n) is 0. The van der Waals surface area contributed by atoms with Gasteiger partial charge in [-0.15, -0.1) is 0 Å². The number of hydrogen-bond acceptors (Lipinski definition) is 1. The van der Waals surface area contributed by atoms with Crippen molar-refractivity contribution in [3.63, 3.8) is 0 Å². The SMILES string of the molecule is CCO.[Mn+2].[O-2]. The third-order valence-electron chi connectivity index (χ3n) is 0. The van der Waals surface area contributed by atoms with Gasteiger partial charge in [0.1, 0.15) is 0 Å². The smallest absolute Gasteiger partial charge is 2.00 e. The molecule has 5 heavy (non-hydrogen) atoms. The van der Waals surface area contributed by atoms with Gasteiger partial charge in [0.05, 0.1) is 0 Å². The maximum atomic E-state index is 7.57. The zero-order valence-corrected chi connectivity index (χ0v) is 4.12. The van der Waals surface area contributed by atoms with Crippen LogP contribution in [0.5, 0.6) is 0 Å². The van der Waals surface area contributed by atoms with E-state index < -0.39 is 0 Å². The number of aliphatic hydroxyl groups excluding tert-OH is 1. The average molecular weight is 117 g/mol. The van der Waals surface area contributed by atoms with E-state index in [-0.39, 0.29) is 29.2 Å². The molecule has 0 heterocycles. The van der Waals surface area contributed by atoms with Crippen molar-refractivity contribution in [2.75, 3.05) is 6.61 Å². The minimum absolute atomic E-state index is 0. The summed E-state index contributed by atoms with van der Waals surface area (Å²) in [6.45, 7) is 1.93. The Labute approximate surface area is 42.0 Å². The van der Waals surface area contributed by atoms with Gasteiger partial charge in [-0.05, 0) is 6.92 Å². The zero-order chi connectivity index (χ0) is 2.71. The topological polar surface area (TPSA) is 48.7 Å². The summed E-state index contributed by atoms with van der Waals surface area (Å²) in [6.07, 6.45) is 0. The van der Waals surface area contributed by atoms with E-state index in [2.05, 4.69) is 0 Å². The molecule has 0 rings (SSSR count). The van der Waals surface area contributed by atoms with Gasteiger partial charge in [0.15, 0.2) is 0 Å². The molecule has 2 nitrogen and oxygen atoms in total. The molecule has 0 atom stereocenters. The van der Waals surface area contributed by atoms with Crippen molar-refractivity contribution in [3.05, 3.63) is 0 Å². The van der Waals surface area contributed by atoms with E-state index >= 15 is 0 Å². The van der Waals surface area contributed by atoms with Crippen LogP contribution >= 0.6 is 0 Å². The summed E-state index contributed by atoms with van der Waals surface area (Å²) in [7, 11) is 0. The third-order valence-corrected chi connectivity index (χ3v) is 0. The first kappa shape index (κ1) is 18.0. The Morgan fingerprint density at radius 1 is 1.60 bits per heavy atom. The molecule has 0 amide bonds. The van der Waals surface area contributed by atoms with Crippen LogP contribution in [-0.4, -0.2) is 11.7 Å². The summed E-state index contributed by atoms with van der Waals surface area (Å²) in [5.74, 6) is 0. The van der Waals surface area contributed by atoms with Crippen molar-refractivity contribution in [3.8, 4) is 0 Å². The first-order valence-electron chi connectivity index (χ1n) is 1.02. The second kappa shape index (κ2) is 25.3. The van der Waals surface area contributed by atoms with Crippen LogP contribution in [0.25, 0.3) is 0 Å². The molecule has 0 aromatic heterocycles. The van der Waals surface area contributed by atoms with Gasteiger partial charge in [0, 0.05) is 6.61 Å². The molecule has 0 bridgehead atoms. The van der Waals surface area contributed by atoms with Gasteiger partial charge in [0.2, 0.25) is 0 Å². The summed E-state index contributed by atoms with van der Waals surface area (Å²) >= 11 is 0. The van der Waals surface area contributed by atoms with E-state index in [1.54, 1.807) is 6.92 Å². The first-order valence-corrected chi connectivity index (χ1v) is 1.02. The van der Waals surface area contributed by atoms with E-state index in [0.717, 1.165) is 0 Å². The van der Waals surface area contributed by atoms with E-state index in [9.17, 15) is 0 Å². The summed E-state index contributed by atoms with van der Waals surface area (Å²) in [4.78, 5) is 0. The van der Waals surface area contributed by atoms with E-state index in [1.165, 1.54) is 0 Å². The molecule has 0 unspecified atom stereocenters. The molecule has 3 heteroatoms. The van der Waals surface area contributed by atoms with Crippen molar-refractivity contribution in [2.45, 2.75) is 6.92 Å². The minimum atomic E-state index is 0. The Bertz CT molecular complexity index is 7.61. The fourth-order valence-corrected chi connectivity index (χ4v) is 0. The van der Waals surface area contributed by atoms with Crippen LogP contribution in [0.1, 0.15) is 6.92 Å². The monoisotopic (exact) mass is 117 g/mol. The van der Waals surface area contributed by atoms with Gasteiger partial charge < -0.3 is 10.6 Å². The third kappa shape index (κ3) is 137. The predicted octanol–water partition coefficient (Wildman–Crippen LogP) is -0.123. The Morgan fingerprint density at radius 3 is 1.60 bits per heavy atom. The van der Waals surface area contributed by atoms with E-state index in [1.807, 2.05) is 0 Å². The van der Waals surface area contributed by atoms with Crippen LogP contribution in [0, 0.1) is 0 Å². The van der Waals surface area contributed by atoms with Crippen molar-refractivity contribution in [1.82, 2.24) is 0 Å². The maximum absolute atomic E-state index is 7.57. The maximum Gasteiger partial charge on any atom is 2.00 e. The molecule has 0 aromatic carbocycles. The van der Waals surface area contributed by atoms with Gasteiger partial charge >= 0.3 is 17.1 Å². The van der Waals surface area contributed by atoms with Crippen molar-refractivity contribution < 1.29 is 27.7 Å². The number of rotatable bonds is 0. The molecule has 33 valence electrons. The first-order chi connectivity index (χ1) is 1.41. The molecule has 1 N–H and O–H groups in total. The van der Waals surface area contributed by atoms with Crippen molar-refractivity contribution in [2.24, 2.45) is 0 Å². The summed E-state index contributed by atoms with van der Waals surface area (Å²) < 4.78 is 0. The van der Waals surface area contributed by atoms with Crippen LogP contribution < -0.4 is 0 Å². The zero-order valence-electron chi connectivity index (χ0n) is 2.94. The Hall–Kier alpha value is 0.439. The molecule has 0 fully saturated rings. The van der Waals surface area contributed by atoms with E-state index in [4.69, 9.17) is 5.11 Å². The molecule has 1 radical (unpaired) electrons. The van der Waals surface area contributed by atoms with Crippen LogP contribution in [0.3, 0.4) is 0 Å². The largest absolute Gasteiger partial charge is 2.00 e. The number of hydrogen-bond donors (Lipinski definition) is 1. The number of aliphatic hydroxyl groups is 1. The molecule has 0 aromatic rings. The molecule has 0 aliphatic heterocycles. The second-order valence-electron chi connectivity index (χ2n) is 0.316. The van der Waals surface area contributed by atoms with Gasteiger partial charge in [-0.25, -0.2) is 0 Å². The standard InChI is InChI=1S/C2H6O.Mn.O/c1-2-3;;/h3H,2H2,1H3;;/q;+2;-2. The predicted molar refractivity (Wildman–Crippen MR) is 13.4 cm³/mol. The minimum Gasteiger partial charge on any atom is -2.00 e.